The summed E-state index contributed by atoms with van der Waals surface area (Å²) >= 11 is 0. The number of aromatic nitrogens is 4. The molecule has 4 aromatic rings. The number of H-pyrrole nitrogens is 1. The number of hydrogen-bond acceptors (Lipinski definition) is 4. The van der Waals surface area contributed by atoms with E-state index in [4.69, 9.17) is 0 Å². The zero-order valence-corrected chi connectivity index (χ0v) is 15.8. The minimum atomic E-state index is -0.353. The van der Waals surface area contributed by atoms with Crippen LogP contribution in [0.15, 0.2) is 53.6 Å². The second-order valence-corrected chi connectivity index (χ2v) is 6.70. The van der Waals surface area contributed by atoms with E-state index in [0.717, 1.165) is 22.4 Å². The van der Waals surface area contributed by atoms with Gasteiger partial charge < -0.3 is 9.88 Å². The predicted octanol–water partition coefficient (Wildman–Crippen LogP) is 2.58. The molecule has 28 heavy (non-hydrogen) atoms. The van der Waals surface area contributed by atoms with Gasteiger partial charge in [-0.1, -0.05) is 18.2 Å². The highest BCUT2D eigenvalue weighted by Crippen LogP contribution is 2.16. The van der Waals surface area contributed by atoms with Crippen molar-refractivity contribution >= 4 is 22.6 Å². The Labute approximate surface area is 161 Å². The third-order valence-corrected chi connectivity index (χ3v) is 4.89. The first-order chi connectivity index (χ1) is 13.6. The number of amides is 1. The van der Waals surface area contributed by atoms with Gasteiger partial charge >= 0.3 is 0 Å². The first-order valence-electron chi connectivity index (χ1n) is 9.28. The number of nitrogens with zero attached hydrogens (tertiary/aromatic N) is 4. The number of carbonyl (C=O) groups excluding carboxylic acids is 1. The molecule has 1 N–H and O–H groups in total. The summed E-state index contributed by atoms with van der Waals surface area (Å²) < 4.78 is 1.39. The Kier molecular flexibility index (Phi) is 4.65. The molecule has 3 aromatic heterocycles. The van der Waals surface area contributed by atoms with E-state index in [2.05, 4.69) is 15.0 Å². The summed E-state index contributed by atoms with van der Waals surface area (Å²) in [6.45, 7) is 4.88. The first-order valence-corrected chi connectivity index (χ1v) is 9.28. The molecule has 0 bridgehead atoms. The number of carbonyl (C=O) groups is 1. The van der Waals surface area contributed by atoms with E-state index in [1.807, 2.05) is 32.0 Å². The van der Waals surface area contributed by atoms with Crippen molar-refractivity contribution < 1.29 is 4.79 Å². The summed E-state index contributed by atoms with van der Waals surface area (Å²) in [5.74, 6) is 0.509. The number of aryl methyl sites for hydroxylation is 1. The van der Waals surface area contributed by atoms with Crippen LogP contribution in [0.25, 0.3) is 16.7 Å². The van der Waals surface area contributed by atoms with E-state index in [1.54, 1.807) is 29.3 Å². The van der Waals surface area contributed by atoms with Crippen LogP contribution in [0, 0.1) is 6.92 Å². The second-order valence-electron chi connectivity index (χ2n) is 6.70. The van der Waals surface area contributed by atoms with Crippen molar-refractivity contribution in [1.82, 2.24) is 24.3 Å². The second kappa shape index (κ2) is 7.26. The number of aromatic amines is 1. The van der Waals surface area contributed by atoms with Gasteiger partial charge in [-0.15, -0.1) is 0 Å². The van der Waals surface area contributed by atoms with Gasteiger partial charge in [0.2, 0.25) is 0 Å². The molecule has 0 unspecified atom stereocenters. The lowest BCUT2D eigenvalue weighted by molar-refractivity contribution is 0.0763. The molecule has 0 spiro atoms. The van der Waals surface area contributed by atoms with Gasteiger partial charge in [-0.3, -0.25) is 14.0 Å². The average Bonchev–Trinajstić information content (AvgIpc) is 3.13. The summed E-state index contributed by atoms with van der Waals surface area (Å²) in [6, 6.07) is 11.3. The molecule has 7 heteroatoms. The predicted molar refractivity (Wildman–Crippen MR) is 108 cm³/mol. The van der Waals surface area contributed by atoms with Crippen LogP contribution in [-0.2, 0) is 6.42 Å². The van der Waals surface area contributed by atoms with Gasteiger partial charge in [0, 0.05) is 31.9 Å². The molecule has 142 valence electrons. The molecule has 0 atom stereocenters. The third-order valence-electron chi connectivity index (χ3n) is 4.89. The molecule has 1 aromatic carbocycles. The van der Waals surface area contributed by atoms with Crippen molar-refractivity contribution in [2.24, 2.45) is 0 Å². The van der Waals surface area contributed by atoms with Crippen LogP contribution in [0.4, 0.5) is 0 Å². The van der Waals surface area contributed by atoms with E-state index < -0.39 is 0 Å². The molecule has 0 fully saturated rings. The number of likely N-dealkylation sites (N-methyl/N-ethyl adjacent to an activating group) is 1. The Morgan fingerprint density at radius 2 is 2.07 bits per heavy atom. The van der Waals surface area contributed by atoms with Crippen LogP contribution in [0.5, 0.6) is 0 Å². The summed E-state index contributed by atoms with van der Waals surface area (Å²) in [4.78, 5) is 39.4. The quantitative estimate of drug-likeness (QED) is 0.581. The Morgan fingerprint density at radius 3 is 2.86 bits per heavy atom. The van der Waals surface area contributed by atoms with Crippen LogP contribution in [-0.4, -0.2) is 43.2 Å². The smallest absolute Gasteiger partial charge is 0.270 e. The van der Waals surface area contributed by atoms with Gasteiger partial charge in [0.15, 0.2) is 0 Å². The fourth-order valence-corrected chi connectivity index (χ4v) is 3.33. The first kappa shape index (κ1) is 17.9. The summed E-state index contributed by atoms with van der Waals surface area (Å²) in [7, 11) is 0. The highest BCUT2D eigenvalue weighted by molar-refractivity contribution is 5.93. The number of imidazole rings is 1. The number of hydrogen-bond donors (Lipinski definition) is 1. The average molecular weight is 375 g/mol. The van der Waals surface area contributed by atoms with Gasteiger partial charge in [-0.05, 0) is 37.6 Å². The number of rotatable bonds is 5. The standard InChI is InChI=1S/C21H21N5O2/c1-3-25(12-10-17-23-16-8-6-7-14(2)19(16)24-17)20(27)15-13-22-18-9-4-5-11-26(18)21(15)28/h4-9,11,13H,3,10,12H2,1-2H3,(H,23,24). The van der Waals surface area contributed by atoms with Crippen LogP contribution in [0.3, 0.4) is 0 Å². The van der Waals surface area contributed by atoms with Crippen molar-refractivity contribution in [1.29, 1.82) is 0 Å². The molecule has 0 aliphatic carbocycles. The Bertz CT molecular complexity index is 1220. The Balaban J connectivity index is 1.56. The Hall–Kier alpha value is -3.48. The van der Waals surface area contributed by atoms with Crippen molar-refractivity contribution in [2.45, 2.75) is 20.3 Å². The zero-order valence-electron chi connectivity index (χ0n) is 15.8. The van der Waals surface area contributed by atoms with Crippen molar-refractivity contribution in [3.63, 3.8) is 0 Å². The summed E-state index contributed by atoms with van der Waals surface area (Å²) in [5.41, 5.74) is 3.29. The molecule has 3 heterocycles. The van der Waals surface area contributed by atoms with E-state index in [0.29, 0.717) is 25.2 Å². The number of pyridine rings is 1. The summed E-state index contributed by atoms with van der Waals surface area (Å²) in [6.07, 6.45) is 3.57. The highest BCUT2D eigenvalue weighted by atomic mass is 16.2. The van der Waals surface area contributed by atoms with Crippen LogP contribution >= 0.6 is 0 Å². The molecule has 0 saturated carbocycles. The van der Waals surface area contributed by atoms with Crippen molar-refractivity contribution in [3.8, 4) is 0 Å². The molecule has 0 saturated heterocycles. The largest absolute Gasteiger partial charge is 0.342 e. The number of nitrogens with one attached hydrogen (secondary N) is 1. The van der Waals surface area contributed by atoms with Crippen molar-refractivity contribution in [2.75, 3.05) is 13.1 Å². The molecule has 1 amide bonds. The fourth-order valence-electron chi connectivity index (χ4n) is 3.33. The molecule has 4 rings (SSSR count). The molecular weight excluding hydrogens is 354 g/mol. The maximum atomic E-state index is 12.9. The monoisotopic (exact) mass is 375 g/mol. The van der Waals surface area contributed by atoms with Gasteiger partial charge in [0.25, 0.3) is 11.5 Å². The Morgan fingerprint density at radius 1 is 1.21 bits per heavy atom. The lowest BCUT2D eigenvalue weighted by atomic mass is 10.2. The molecular formula is C21H21N5O2. The number of benzene rings is 1. The minimum Gasteiger partial charge on any atom is -0.342 e. The minimum absolute atomic E-state index is 0.0750. The van der Waals surface area contributed by atoms with Gasteiger partial charge in [0.05, 0.1) is 11.0 Å². The topological polar surface area (TPSA) is 83.4 Å². The maximum absolute atomic E-state index is 12.9. The van der Waals surface area contributed by atoms with E-state index >= 15 is 0 Å². The normalized spacial score (nSPS) is 11.2. The van der Waals surface area contributed by atoms with E-state index in [-0.39, 0.29) is 17.0 Å². The zero-order chi connectivity index (χ0) is 19.7. The van der Waals surface area contributed by atoms with E-state index in [9.17, 15) is 9.59 Å². The lowest BCUT2D eigenvalue weighted by Gasteiger charge is -2.20. The van der Waals surface area contributed by atoms with E-state index in [1.165, 1.54) is 10.6 Å². The number of fused-ring (bicyclic) bond motifs is 2. The molecule has 0 aliphatic heterocycles. The maximum Gasteiger partial charge on any atom is 0.270 e. The SMILES string of the molecule is CCN(CCc1nc2c(C)cccc2[nH]1)C(=O)c1cnc2ccccn2c1=O. The van der Waals surface area contributed by atoms with Gasteiger partial charge in [-0.2, -0.15) is 0 Å². The fraction of sp³-hybridized carbons (Fsp3) is 0.238. The molecule has 0 aliphatic rings. The van der Waals surface area contributed by atoms with Crippen LogP contribution < -0.4 is 5.56 Å². The van der Waals surface area contributed by atoms with Crippen LogP contribution in [0.2, 0.25) is 0 Å². The van der Waals surface area contributed by atoms with Gasteiger partial charge in [0.1, 0.15) is 17.0 Å². The lowest BCUT2D eigenvalue weighted by Crippen LogP contribution is -2.37. The highest BCUT2D eigenvalue weighted by Gasteiger charge is 2.19. The third kappa shape index (κ3) is 3.15. The molecule has 0 radical (unpaired) electrons. The van der Waals surface area contributed by atoms with Crippen LogP contribution in [0.1, 0.15) is 28.7 Å². The molecule has 7 nitrogen and oxygen atoms in total. The summed E-state index contributed by atoms with van der Waals surface area (Å²) in [5, 5.41) is 0. The van der Waals surface area contributed by atoms with Crippen molar-refractivity contribution in [3.05, 3.63) is 76.1 Å². The number of para-hydroxylation sites is 1. The van der Waals surface area contributed by atoms with Gasteiger partial charge in [-0.25, -0.2) is 9.97 Å².